The molecule has 24 N–H and O–H groups in total. The molecule has 39 heteroatoms. The van der Waals surface area contributed by atoms with Crippen molar-refractivity contribution in [2.75, 3.05) is 52.9 Å². The van der Waals surface area contributed by atoms with Crippen molar-refractivity contribution in [3.8, 4) is 0 Å². The second-order valence-corrected chi connectivity index (χ2v) is 22.4. The zero-order valence-corrected chi connectivity index (χ0v) is 45.8. The molecule has 0 amide bonds. The molecule has 0 aromatic rings. The SMILES string of the molecule is NC1C(O)[C@@H]2O[C@H]3OC(CO)[C@@H](O[C@H]4OC(CO)[C@@H](O[C@H]5OC(CO)[C@H](CC5O)O[C@H]5OC(CO)[C@@H](O[C@H]6OC(CO)[C@@H](O[C@H]7OC(CO)[C@@H](O[C@H]8OC(CO)[C@@H](O[C@H]1OC2CO)C(O)C8O)C(O)C7O)C(O)C6O)C(O)C5O)C(O)C4O)C(O)C3O. The van der Waals surface area contributed by atoms with Crippen molar-refractivity contribution in [1.82, 2.24) is 0 Å². The van der Waals surface area contributed by atoms with Gasteiger partial charge in [0.05, 0.1) is 65.0 Å². The van der Waals surface area contributed by atoms with Gasteiger partial charge in [0.1, 0.15) is 177 Å². The van der Waals surface area contributed by atoms with Gasteiger partial charge in [-0.05, 0) is 0 Å². The van der Waals surface area contributed by atoms with E-state index in [1.165, 1.54) is 0 Å². The smallest absolute Gasteiger partial charge is 0.187 e. The van der Waals surface area contributed by atoms with E-state index in [9.17, 15) is 112 Å². The molecule has 506 valence electrons. The van der Waals surface area contributed by atoms with Gasteiger partial charge in [0, 0.05) is 6.42 Å². The molecule has 30 heterocycles. The van der Waals surface area contributed by atoms with Crippen molar-refractivity contribution >= 4 is 0 Å². The van der Waals surface area contributed by atoms with Crippen LogP contribution in [0, 0.1) is 0 Å². The average Bonchev–Trinajstić information content (AvgIpc) is 1.12. The number of aliphatic hydroxyl groups excluding tert-OH is 22. The Hall–Kier alpha value is -1.56. The van der Waals surface area contributed by atoms with Crippen molar-refractivity contribution < 1.29 is 188 Å². The van der Waals surface area contributed by atoms with Crippen LogP contribution in [-0.2, 0) is 75.8 Å². The molecule has 16 bridgehead atoms. The van der Waals surface area contributed by atoms with Gasteiger partial charge >= 0.3 is 0 Å². The summed E-state index contributed by atoms with van der Waals surface area (Å²) in [5.41, 5.74) is 6.32. The summed E-state index contributed by atoms with van der Waals surface area (Å²) in [6.45, 7) is -8.09. The third-order valence-electron chi connectivity index (χ3n) is 16.9. The number of nitrogens with two attached hydrogens (primary N) is 1. The third-order valence-corrected chi connectivity index (χ3v) is 16.9. The van der Waals surface area contributed by atoms with Crippen molar-refractivity contribution in [3.05, 3.63) is 0 Å². The minimum absolute atomic E-state index is 0.534. The molecule has 0 aliphatic carbocycles. The van der Waals surface area contributed by atoms with Crippen molar-refractivity contribution in [3.63, 3.8) is 0 Å². The van der Waals surface area contributed by atoms with Crippen LogP contribution in [0.4, 0.5) is 0 Å². The summed E-state index contributed by atoms with van der Waals surface area (Å²) in [5, 5.41) is 243. The van der Waals surface area contributed by atoms with Crippen LogP contribution in [0.1, 0.15) is 6.42 Å². The van der Waals surface area contributed by atoms with E-state index >= 15 is 0 Å². The number of ether oxygens (including phenoxy) is 16. The fraction of sp³-hybridized carbons (Fsp3) is 1.00. The highest BCUT2D eigenvalue weighted by molar-refractivity contribution is 5.02. The molecular formula is C48H81NO38. The number of hydrogen-bond donors (Lipinski definition) is 23. The predicted octanol–water partition coefficient (Wildman–Crippen LogP) is -16.4. The molecule has 0 spiro atoms. The summed E-state index contributed by atoms with van der Waals surface area (Å²) in [6, 6.07) is -1.73. The molecule has 30 aliphatic rings. The lowest BCUT2D eigenvalue weighted by Gasteiger charge is -2.50. The van der Waals surface area contributed by atoms with Crippen LogP contribution in [0.3, 0.4) is 0 Å². The summed E-state index contributed by atoms with van der Waals surface area (Å²) in [4.78, 5) is 0. The molecule has 39 atom stereocenters. The number of aliphatic hydroxyl groups is 22. The molecule has 30 saturated heterocycles. The molecule has 30 aliphatic heterocycles. The second kappa shape index (κ2) is 29.8. The Balaban J connectivity index is 0.967. The molecule has 87 heavy (non-hydrogen) atoms. The molecule has 0 saturated carbocycles. The summed E-state index contributed by atoms with van der Waals surface area (Å²) in [7, 11) is 0. The first-order valence-electron chi connectivity index (χ1n) is 28.1. The summed E-state index contributed by atoms with van der Waals surface area (Å²) >= 11 is 0. The van der Waals surface area contributed by atoms with Crippen molar-refractivity contribution in [1.29, 1.82) is 0 Å². The first kappa shape index (κ1) is 69.8. The van der Waals surface area contributed by atoms with E-state index < -0.39 is 299 Å². The van der Waals surface area contributed by atoms with Gasteiger partial charge in [-0.3, -0.25) is 0 Å². The average molecular weight is 1280 g/mol. The van der Waals surface area contributed by atoms with Crippen LogP contribution in [0.5, 0.6) is 0 Å². The minimum Gasteiger partial charge on any atom is -0.394 e. The lowest BCUT2D eigenvalue weighted by molar-refractivity contribution is -0.398. The van der Waals surface area contributed by atoms with Crippen LogP contribution < -0.4 is 5.73 Å². The Morgan fingerprint density at radius 3 is 0.667 bits per heavy atom. The van der Waals surface area contributed by atoms with Gasteiger partial charge in [0.15, 0.2) is 50.3 Å². The van der Waals surface area contributed by atoms with Crippen LogP contribution in [0.15, 0.2) is 0 Å². The Labute approximate surface area is 491 Å². The fourth-order valence-corrected chi connectivity index (χ4v) is 11.9. The second-order valence-electron chi connectivity index (χ2n) is 22.4. The van der Waals surface area contributed by atoms with E-state index in [-0.39, 0.29) is 0 Å². The molecule has 30 rings (SSSR count). The van der Waals surface area contributed by atoms with Gasteiger partial charge in [-0.25, -0.2) is 0 Å². The molecule has 0 aromatic heterocycles. The zero-order valence-electron chi connectivity index (χ0n) is 45.8. The van der Waals surface area contributed by atoms with Gasteiger partial charge in [-0.1, -0.05) is 0 Å². The standard InChI is InChI=1S/C48H81NO38/c49-20-21(59)34-13(3-51)74-42(20)82-36-15(5-53)77-46(30(68)24(36)62)86-39-18(8-56)80-48(33(71)27(39)65)87-40-19(9-57)79-47(32(70)26(40)64)84-37-16(6-54)75-43(28(66)22(37)60)72-11-1-10(58)41(73-12(11)2-50)81-35-14(4-52)76-45(29(67)23(35)61)85-38-17(7-55)78-44(83-34)31(69)25(38)63/h10-48,50-71H,1-9,49H2/t10?,11-,12?,13?,14?,15?,16?,17?,18?,19?,20?,21?,22?,23?,24?,25?,26?,27?,28?,29?,30?,31?,32?,33?,34+,35+,36+,37+,38+,39+,40+,41+,42+,43-,44+,45+,46+,47+,48+/m0/s1. The van der Waals surface area contributed by atoms with E-state index in [2.05, 4.69) is 0 Å². The highest BCUT2D eigenvalue weighted by Gasteiger charge is 2.59. The zero-order chi connectivity index (χ0) is 63.2. The normalized spacial score (nSPS) is 55.0. The first-order valence-corrected chi connectivity index (χ1v) is 28.1. The maximum atomic E-state index is 11.5. The van der Waals surface area contributed by atoms with E-state index in [0.717, 1.165) is 0 Å². The summed E-state index contributed by atoms with van der Waals surface area (Å²) in [5.74, 6) is 0. The molecule has 23 unspecified atom stereocenters. The van der Waals surface area contributed by atoms with Gasteiger partial charge < -0.3 is 194 Å². The van der Waals surface area contributed by atoms with E-state index in [1.807, 2.05) is 0 Å². The largest absolute Gasteiger partial charge is 0.394 e. The Morgan fingerprint density at radius 1 is 0.218 bits per heavy atom. The van der Waals surface area contributed by atoms with Gasteiger partial charge in [-0.15, -0.1) is 0 Å². The maximum absolute atomic E-state index is 11.5. The van der Waals surface area contributed by atoms with Gasteiger partial charge in [0.25, 0.3) is 0 Å². The van der Waals surface area contributed by atoms with Gasteiger partial charge in [-0.2, -0.15) is 0 Å². The first-order chi connectivity index (χ1) is 41.5. The highest BCUT2D eigenvalue weighted by Crippen LogP contribution is 2.39. The summed E-state index contributed by atoms with van der Waals surface area (Å²) in [6.07, 6.45) is -73.7. The molecular weight excluding hydrogens is 1200 g/mol. The lowest BCUT2D eigenvalue weighted by atomic mass is 9.94. The molecule has 39 nitrogen and oxygen atoms in total. The Bertz CT molecular complexity index is 2100. The topological polar surface area (TPSA) is 619 Å². The quantitative estimate of drug-likeness (QED) is 0.107. The minimum atomic E-state index is -2.22. The number of rotatable bonds is 8. The Morgan fingerprint density at radius 2 is 0.414 bits per heavy atom. The van der Waals surface area contributed by atoms with Crippen molar-refractivity contribution in [2.24, 2.45) is 5.73 Å². The van der Waals surface area contributed by atoms with Crippen LogP contribution in [0.2, 0.25) is 0 Å². The maximum Gasteiger partial charge on any atom is 0.187 e. The van der Waals surface area contributed by atoms with E-state index in [4.69, 9.17) is 81.5 Å². The summed E-state index contributed by atoms with van der Waals surface area (Å²) < 4.78 is 92.1. The molecule has 0 aromatic carbocycles. The monoisotopic (exact) mass is 1280 g/mol. The van der Waals surface area contributed by atoms with Crippen molar-refractivity contribution in [2.45, 2.75) is 246 Å². The van der Waals surface area contributed by atoms with Crippen LogP contribution in [0.25, 0.3) is 0 Å². The lowest BCUT2D eigenvalue weighted by Crippen LogP contribution is -2.69. The number of hydrogen-bond acceptors (Lipinski definition) is 39. The Kier molecular flexibility index (Phi) is 23.9. The van der Waals surface area contributed by atoms with E-state index in [1.54, 1.807) is 0 Å². The molecule has 0 radical (unpaired) electrons. The van der Waals surface area contributed by atoms with Crippen LogP contribution in [-0.4, -0.2) is 405 Å². The van der Waals surface area contributed by atoms with Gasteiger partial charge in [0.2, 0.25) is 0 Å². The predicted molar refractivity (Wildman–Crippen MR) is 262 cm³/mol. The van der Waals surface area contributed by atoms with E-state index in [0.29, 0.717) is 0 Å². The highest BCUT2D eigenvalue weighted by atomic mass is 16.8. The third kappa shape index (κ3) is 14.0. The molecule has 30 fully saturated rings. The fourth-order valence-electron chi connectivity index (χ4n) is 11.9. The van der Waals surface area contributed by atoms with Crippen LogP contribution >= 0.6 is 0 Å².